The van der Waals surface area contributed by atoms with Crippen LogP contribution in [0, 0.1) is 5.92 Å². The number of hydrogen-bond donors (Lipinski definition) is 2. The zero-order valence-electron chi connectivity index (χ0n) is 15.4. The predicted octanol–water partition coefficient (Wildman–Crippen LogP) is 2.96. The van der Waals surface area contributed by atoms with Gasteiger partial charge in [0.1, 0.15) is 6.10 Å². The molecule has 0 radical (unpaired) electrons. The number of nitrogens with one attached hydrogen (secondary N) is 1. The Morgan fingerprint density at radius 2 is 2.27 bits per heavy atom. The van der Waals surface area contributed by atoms with Gasteiger partial charge in [0.05, 0.1) is 12.6 Å². The number of para-hydroxylation sites is 1. The first-order valence-corrected chi connectivity index (χ1v) is 9.39. The number of hydrogen-bond acceptors (Lipinski definition) is 4. The topological polar surface area (TPSA) is 65.6 Å². The van der Waals surface area contributed by atoms with Crippen LogP contribution < -0.4 is 0 Å². The smallest absolute Gasteiger partial charge is 0.303 e. The molecule has 4 rings (SSSR count). The number of aromatic amines is 1. The van der Waals surface area contributed by atoms with Crippen LogP contribution in [0.15, 0.2) is 35.9 Å². The molecular weight excluding hydrogens is 328 g/mol. The molecule has 1 aromatic carbocycles. The molecule has 1 fully saturated rings. The molecule has 3 heterocycles. The van der Waals surface area contributed by atoms with E-state index in [1.54, 1.807) is 0 Å². The monoisotopic (exact) mass is 354 g/mol. The Bertz CT molecular complexity index is 854. The average Bonchev–Trinajstić information content (AvgIpc) is 3.04. The molecule has 2 aliphatic heterocycles. The maximum Gasteiger partial charge on any atom is 0.303 e. The number of allylic oxidation sites excluding steroid dienone is 1. The van der Waals surface area contributed by atoms with Gasteiger partial charge in [-0.2, -0.15) is 0 Å². The van der Waals surface area contributed by atoms with Crippen molar-refractivity contribution in [2.75, 3.05) is 19.7 Å². The molecule has 1 aromatic heterocycles. The number of H-pyrrole nitrogens is 1. The zero-order chi connectivity index (χ0) is 18.3. The average molecular weight is 354 g/mol. The number of ether oxygens (including phenoxy) is 1. The van der Waals surface area contributed by atoms with E-state index in [1.165, 1.54) is 34.7 Å². The van der Waals surface area contributed by atoms with Crippen LogP contribution in [-0.2, 0) is 16.0 Å². The summed E-state index contributed by atoms with van der Waals surface area (Å²) >= 11 is 0. The van der Waals surface area contributed by atoms with Crippen LogP contribution in [0.1, 0.15) is 37.6 Å². The van der Waals surface area contributed by atoms with Crippen molar-refractivity contribution >= 4 is 16.9 Å². The number of fused-ring (bicyclic) bond motifs is 5. The van der Waals surface area contributed by atoms with Crippen LogP contribution in [0.3, 0.4) is 0 Å². The lowest BCUT2D eigenvalue weighted by atomic mass is 9.79. The van der Waals surface area contributed by atoms with Crippen molar-refractivity contribution in [3.8, 4) is 0 Å². The molecule has 3 atom stereocenters. The van der Waals surface area contributed by atoms with Crippen LogP contribution in [0.25, 0.3) is 10.9 Å². The number of esters is 1. The van der Waals surface area contributed by atoms with Gasteiger partial charge in [0, 0.05) is 42.5 Å². The summed E-state index contributed by atoms with van der Waals surface area (Å²) in [6.07, 6.45) is 3.53. The first-order chi connectivity index (χ1) is 12.6. The number of carbonyl (C=O) groups excluding carboxylic acids is 1. The number of aliphatic hydroxyl groups is 1. The largest absolute Gasteiger partial charge is 0.459 e. The third kappa shape index (κ3) is 2.85. The molecule has 0 aliphatic carbocycles. The number of piperidine rings is 1. The summed E-state index contributed by atoms with van der Waals surface area (Å²) in [7, 11) is 0. The minimum Gasteiger partial charge on any atom is -0.459 e. The van der Waals surface area contributed by atoms with Crippen LogP contribution in [0.2, 0.25) is 0 Å². The lowest BCUT2D eigenvalue weighted by Gasteiger charge is -2.45. The number of aliphatic hydroxyl groups excluding tert-OH is 1. The van der Waals surface area contributed by atoms with Gasteiger partial charge in [0.15, 0.2) is 0 Å². The van der Waals surface area contributed by atoms with Gasteiger partial charge < -0.3 is 14.8 Å². The van der Waals surface area contributed by atoms with Gasteiger partial charge in [-0.25, -0.2) is 0 Å². The minimum atomic E-state index is -0.476. The van der Waals surface area contributed by atoms with Crippen molar-refractivity contribution in [3.63, 3.8) is 0 Å². The molecule has 5 heteroatoms. The van der Waals surface area contributed by atoms with Gasteiger partial charge in [-0.15, -0.1) is 0 Å². The first-order valence-electron chi connectivity index (χ1n) is 9.39. The number of carbonyl (C=O) groups is 1. The van der Waals surface area contributed by atoms with E-state index in [0.717, 1.165) is 25.9 Å². The molecule has 0 spiro atoms. The van der Waals surface area contributed by atoms with E-state index >= 15 is 0 Å². The quantitative estimate of drug-likeness (QED) is 0.657. The Kier molecular flexibility index (Phi) is 4.59. The van der Waals surface area contributed by atoms with E-state index < -0.39 is 6.10 Å². The lowest BCUT2D eigenvalue weighted by Crippen LogP contribution is -2.46. The zero-order valence-corrected chi connectivity index (χ0v) is 15.4. The highest BCUT2D eigenvalue weighted by Gasteiger charge is 2.40. The van der Waals surface area contributed by atoms with E-state index in [-0.39, 0.29) is 24.5 Å². The molecular formula is C21H26N2O3. The van der Waals surface area contributed by atoms with Gasteiger partial charge in [-0.3, -0.25) is 9.69 Å². The van der Waals surface area contributed by atoms with E-state index in [0.29, 0.717) is 0 Å². The fraction of sp³-hybridized carbons (Fsp3) is 0.476. The summed E-state index contributed by atoms with van der Waals surface area (Å²) in [4.78, 5) is 17.6. The summed E-state index contributed by atoms with van der Waals surface area (Å²) in [5, 5.41) is 11.1. The molecule has 0 amide bonds. The van der Waals surface area contributed by atoms with E-state index in [2.05, 4.69) is 40.2 Å². The number of rotatable bonds is 3. The van der Waals surface area contributed by atoms with Crippen molar-refractivity contribution in [3.05, 3.63) is 47.2 Å². The SMILES string of the molecule is CC=C1CN2CCc3c([nH]c4ccccc34)C2CC1C(CO)OC(C)=O. The standard InChI is InChI=1S/C21H26N2O3/c1-3-14-11-23-9-8-16-15-6-4-5-7-18(15)22-21(16)19(23)10-17(14)20(12-24)26-13(2)25/h3-7,17,19-20,22,24H,8-12H2,1-2H3. The van der Waals surface area contributed by atoms with Gasteiger partial charge in [-0.05, 0) is 31.4 Å². The van der Waals surface area contributed by atoms with Crippen LogP contribution >= 0.6 is 0 Å². The highest BCUT2D eigenvalue weighted by atomic mass is 16.5. The van der Waals surface area contributed by atoms with Gasteiger partial charge in [0.25, 0.3) is 0 Å². The Balaban J connectivity index is 1.70. The highest BCUT2D eigenvalue weighted by molar-refractivity contribution is 5.85. The van der Waals surface area contributed by atoms with Crippen LogP contribution in [-0.4, -0.2) is 46.8 Å². The van der Waals surface area contributed by atoms with Crippen molar-refractivity contribution in [2.24, 2.45) is 5.92 Å². The molecule has 5 nitrogen and oxygen atoms in total. The van der Waals surface area contributed by atoms with Crippen molar-refractivity contribution in [1.29, 1.82) is 0 Å². The summed E-state index contributed by atoms with van der Waals surface area (Å²) in [6, 6.07) is 8.74. The van der Waals surface area contributed by atoms with Crippen LogP contribution in [0.4, 0.5) is 0 Å². The normalized spacial score (nSPS) is 25.7. The molecule has 1 saturated heterocycles. The molecule has 2 aromatic rings. The van der Waals surface area contributed by atoms with Gasteiger partial charge >= 0.3 is 5.97 Å². The molecule has 138 valence electrons. The molecule has 0 saturated carbocycles. The van der Waals surface area contributed by atoms with Gasteiger partial charge in [-0.1, -0.05) is 29.8 Å². The second kappa shape index (κ2) is 6.89. The molecule has 2 aliphatic rings. The predicted molar refractivity (Wildman–Crippen MR) is 101 cm³/mol. The lowest BCUT2D eigenvalue weighted by molar-refractivity contribution is -0.151. The first kappa shape index (κ1) is 17.3. The minimum absolute atomic E-state index is 0.0486. The summed E-state index contributed by atoms with van der Waals surface area (Å²) in [5.41, 5.74) is 5.14. The highest BCUT2D eigenvalue weighted by Crippen LogP contribution is 2.44. The number of nitrogens with zero attached hydrogens (tertiary/aromatic N) is 1. The third-order valence-electron chi connectivity index (χ3n) is 5.93. The van der Waals surface area contributed by atoms with Crippen LogP contribution in [0.5, 0.6) is 0 Å². The van der Waals surface area contributed by atoms with Gasteiger partial charge in [0.2, 0.25) is 0 Å². The Morgan fingerprint density at radius 1 is 1.46 bits per heavy atom. The Labute approximate surface area is 153 Å². The Morgan fingerprint density at radius 3 is 3.00 bits per heavy atom. The van der Waals surface area contributed by atoms with Crippen molar-refractivity contribution < 1.29 is 14.6 Å². The number of aromatic nitrogens is 1. The second-order valence-electron chi connectivity index (χ2n) is 7.34. The molecule has 26 heavy (non-hydrogen) atoms. The maximum atomic E-state index is 11.5. The fourth-order valence-electron chi connectivity index (χ4n) is 4.72. The summed E-state index contributed by atoms with van der Waals surface area (Å²) in [5.74, 6) is -0.288. The Hall–Kier alpha value is -2.11. The molecule has 3 unspecified atom stereocenters. The maximum absolute atomic E-state index is 11.5. The molecule has 0 bridgehead atoms. The van der Waals surface area contributed by atoms with E-state index in [4.69, 9.17) is 4.74 Å². The molecule has 2 N–H and O–H groups in total. The summed E-state index contributed by atoms with van der Waals surface area (Å²) in [6.45, 7) is 5.18. The third-order valence-corrected chi connectivity index (χ3v) is 5.93. The fourth-order valence-corrected chi connectivity index (χ4v) is 4.72. The second-order valence-corrected chi connectivity index (χ2v) is 7.34. The van der Waals surface area contributed by atoms with Crippen molar-refractivity contribution in [2.45, 2.75) is 38.8 Å². The summed E-state index contributed by atoms with van der Waals surface area (Å²) < 4.78 is 5.44. The van der Waals surface area contributed by atoms with E-state index in [1.807, 2.05) is 6.92 Å². The number of benzene rings is 1. The van der Waals surface area contributed by atoms with E-state index in [9.17, 15) is 9.90 Å². The van der Waals surface area contributed by atoms with Crippen molar-refractivity contribution in [1.82, 2.24) is 9.88 Å².